The number of unbranched alkanes of at least 4 members (excludes halogenated alkanes) is 59. The zero-order valence-electron chi connectivity index (χ0n) is 70.3. The summed E-state index contributed by atoms with van der Waals surface area (Å²) < 4.78 is 69.0. The number of aliphatic hydroxyl groups is 1. The van der Waals surface area contributed by atoms with Gasteiger partial charge in [-0.05, 0) is 31.6 Å². The second kappa shape index (κ2) is 80.7. The van der Waals surface area contributed by atoms with E-state index in [1.807, 2.05) is 0 Å². The summed E-state index contributed by atoms with van der Waals surface area (Å²) in [6.45, 7) is 7.43. The normalized spacial score (nSPS) is 14.0. The minimum absolute atomic E-state index is 0.108. The molecule has 3 unspecified atom stereocenters. The molecule has 0 spiro atoms. The third-order valence-corrected chi connectivity index (χ3v) is 23.0. The maximum atomic E-state index is 13.2. The molecule has 19 heteroatoms. The van der Waals surface area contributed by atoms with E-state index in [1.165, 1.54) is 302 Å². The summed E-state index contributed by atoms with van der Waals surface area (Å²) in [5.74, 6) is -1.25. The molecule has 0 rings (SSSR count). The Morgan fingerprint density at radius 2 is 0.449 bits per heavy atom. The molecule has 6 atom stereocenters. The monoisotopic (exact) mass is 1560 g/mol. The fourth-order valence-electron chi connectivity index (χ4n) is 13.8. The molecule has 636 valence electrons. The summed E-state index contributed by atoms with van der Waals surface area (Å²) in [6, 6.07) is 0. The third-order valence-electron chi connectivity index (χ3n) is 21.1. The van der Waals surface area contributed by atoms with Gasteiger partial charge in [0, 0.05) is 25.7 Å². The molecular formula is C88H172O17P2. The van der Waals surface area contributed by atoms with Gasteiger partial charge in [-0.3, -0.25) is 37.3 Å². The maximum absolute atomic E-state index is 13.2. The first-order valence-electron chi connectivity index (χ1n) is 45.7. The van der Waals surface area contributed by atoms with Crippen molar-refractivity contribution in [1.82, 2.24) is 0 Å². The number of carbonyl (C=O) groups is 4. The number of hydrogen-bond acceptors (Lipinski definition) is 15. The molecule has 0 heterocycles. The largest absolute Gasteiger partial charge is 0.472 e. The van der Waals surface area contributed by atoms with Crippen LogP contribution in [-0.2, 0) is 65.4 Å². The van der Waals surface area contributed by atoms with E-state index in [0.29, 0.717) is 25.7 Å². The molecule has 0 bridgehead atoms. The lowest BCUT2D eigenvalue weighted by atomic mass is 9.99. The molecule has 0 aliphatic heterocycles. The summed E-state index contributed by atoms with van der Waals surface area (Å²) in [5.41, 5.74) is 0. The molecule has 0 aromatic rings. The lowest BCUT2D eigenvalue weighted by molar-refractivity contribution is -0.161. The Balaban J connectivity index is 5.24. The lowest BCUT2D eigenvalue weighted by Gasteiger charge is -2.21. The van der Waals surface area contributed by atoms with E-state index in [4.69, 9.17) is 37.0 Å². The van der Waals surface area contributed by atoms with Crippen molar-refractivity contribution in [2.24, 2.45) is 5.92 Å². The van der Waals surface area contributed by atoms with E-state index in [2.05, 4.69) is 34.6 Å². The highest BCUT2D eigenvalue weighted by Crippen LogP contribution is 2.45. The van der Waals surface area contributed by atoms with Crippen molar-refractivity contribution in [3.63, 3.8) is 0 Å². The van der Waals surface area contributed by atoms with Crippen LogP contribution in [0.2, 0.25) is 0 Å². The Bertz CT molecular complexity index is 2030. The predicted octanol–water partition coefficient (Wildman–Crippen LogP) is 27.2. The minimum atomic E-state index is -4.97. The van der Waals surface area contributed by atoms with Gasteiger partial charge in [-0.15, -0.1) is 0 Å². The van der Waals surface area contributed by atoms with E-state index >= 15 is 0 Å². The summed E-state index contributed by atoms with van der Waals surface area (Å²) in [6.07, 6.45) is 74.9. The number of esters is 4. The molecule has 0 aliphatic carbocycles. The van der Waals surface area contributed by atoms with Crippen LogP contribution < -0.4 is 0 Å². The predicted molar refractivity (Wildman–Crippen MR) is 442 cm³/mol. The van der Waals surface area contributed by atoms with Crippen molar-refractivity contribution in [2.75, 3.05) is 39.6 Å². The van der Waals surface area contributed by atoms with Gasteiger partial charge < -0.3 is 33.8 Å². The highest BCUT2D eigenvalue weighted by molar-refractivity contribution is 7.47. The van der Waals surface area contributed by atoms with Crippen molar-refractivity contribution >= 4 is 39.5 Å². The number of ether oxygens (including phenoxy) is 4. The molecule has 0 amide bonds. The van der Waals surface area contributed by atoms with E-state index in [1.54, 1.807) is 0 Å². The van der Waals surface area contributed by atoms with Crippen molar-refractivity contribution in [1.29, 1.82) is 0 Å². The van der Waals surface area contributed by atoms with E-state index in [-0.39, 0.29) is 25.7 Å². The van der Waals surface area contributed by atoms with Crippen LogP contribution in [0, 0.1) is 5.92 Å². The average molecular weight is 1560 g/mol. The number of rotatable bonds is 88. The molecule has 0 radical (unpaired) electrons. The van der Waals surface area contributed by atoms with Gasteiger partial charge in [0.15, 0.2) is 12.2 Å². The van der Waals surface area contributed by atoms with Crippen LogP contribution in [0.5, 0.6) is 0 Å². The minimum Gasteiger partial charge on any atom is -0.462 e. The fourth-order valence-corrected chi connectivity index (χ4v) is 15.4. The van der Waals surface area contributed by atoms with Gasteiger partial charge in [0.05, 0.1) is 26.4 Å². The first-order chi connectivity index (χ1) is 52.1. The maximum Gasteiger partial charge on any atom is 0.472 e. The SMILES string of the molecule is CCCCCCCCCCCCCCCCCCCCCC(=O)OC[C@H](COP(=O)(O)OC[C@@H](O)COP(=O)(O)OC[C@@H](COC(=O)CCCCCCCCCCCCC)OC(=O)CCCCCCCCCCCCCCCCC(C)CC)OC(=O)CCCCCCCCCCCCCCCCCCCCC. The van der Waals surface area contributed by atoms with Crippen molar-refractivity contribution in [3.05, 3.63) is 0 Å². The standard InChI is InChI=1S/C88H172O17P2/c1-6-10-13-16-19-22-25-27-29-31-33-35-37-42-47-52-57-62-67-72-86(91)99-78-84(105-87(92)73-68-63-58-53-48-43-38-36-34-32-30-28-26-23-20-17-14-11-7-2)80-103-107(96,97)101-76-82(89)75-100-106(94,95)102-79-83(77-98-85(90)71-66-61-56-51-45-24-21-18-15-12-8-3)104-88(93)74-69-64-59-54-49-44-40-39-41-46-50-55-60-65-70-81(5)9-4/h81-84,89H,6-80H2,1-5H3,(H,94,95)(H,96,97)/t81?,82-,83+,84+/m0/s1. The van der Waals surface area contributed by atoms with Crippen molar-refractivity contribution in [2.45, 2.75) is 496 Å². The molecule has 0 saturated carbocycles. The average Bonchev–Trinajstić information content (AvgIpc) is 0.902. The quantitative estimate of drug-likeness (QED) is 0.0222. The van der Waals surface area contributed by atoms with Crippen LogP contribution in [0.3, 0.4) is 0 Å². The molecule has 0 aromatic heterocycles. The highest BCUT2D eigenvalue weighted by atomic mass is 31.2. The number of carbonyl (C=O) groups excluding carboxylic acids is 4. The Hall–Kier alpha value is -1.94. The van der Waals surface area contributed by atoms with Gasteiger partial charge in [-0.25, -0.2) is 9.13 Å². The second-order valence-corrected chi connectivity index (χ2v) is 34.8. The number of phosphoric acid groups is 2. The highest BCUT2D eigenvalue weighted by Gasteiger charge is 2.30. The van der Waals surface area contributed by atoms with Gasteiger partial charge in [0.1, 0.15) is 19.3 Å². The summed E-state index contributed by atoms with van der Waals surface area (Å²) in [4.78, 5) is 73.3. The van der Waals surface area contributed by atoms with Crippen LogP contribution in [0.4, 0.5) is 0 Å². The van der Waals surface area contributed by atoms with E-state index in [9.17, 15) is 43.2 Å². The Kier molecular flexibility index (Phi) is 79.2. The summed E-state index contributed by atoms with van der Waals surface area (Å²) in [7, 11) is -9.93. The van der Waals surface area contributed by atoms with Crippen LogP contribution in [-0.4, -0.2) is 96.7 Å². The number of aliphatic hydroxyl groups excluding tert-OH is 1. The Morgan fingerprint density at radius 3 is 0.664 bits per heavy atom. The molecule has 0 aliphatic rings. The molecule has 0 saturated heterocycles. The van der Waals surface area contributed by atoms with Crippen molar-refractivity contribution in [3.8, 4) is 0 Å². The van der Waals surface area contributed by atoms with Crippen LogP contribution in [0.15, 0.2) is 0 Å². The van der Waals surface area contributed by atoms with E-state index in [0.717, 1.165) is 95.8 Å². The molecule has 0 aromatic carbocycles. The topological polar surface area (TPSA) is 237 Å². The summed E-state index contributed by atoms with van der Waals surface area (Å²) in [5, 5.41) is 10.7. The van der Waals surface area contributed by atoms with Gasteiger partial charge in [0.25, 0.3) is 0 Å². The first-order valence-corrected chi connectivity index (χ1v) is 48.7. The van der Waals surface area contributed by atoms with Gasteiger partial charge >= 0.3 is 39.5 Å². The van der Waals surface area contributed by atoms with Gasteiger partial charge in [0.2, 0.25) is 0 Å². The van der Waals surface area contributed by atoms with Crippen LogP contribution in [0.1, 0.15) is 478 Å². The Morgan fingerprint density at radius 1 is 0.262 bits per heavy atom. The Labute approximate surface area is 658 Å². The fraction of sp³-hybridized carbons (Fsp3) is 0.955. The third kappa shape index (κ3) is 80.5. The molecule has 17 nitrogen and oxygen atoms in total. The number of hydrogen-bond donors (Lipinski definition) is 3. The molecule has 3 N–H and O–H groups in total. The van der Waals surface area contributed by atoms with Crippen LogP contribution in [0.25, 0.3) is 0 Å². The van der Waals surface area contributed by atoms with Crippen molar-refractivity contribution < 1.29 is 80.2 Å². The van der Waals surface area contributed by atoms with Gasteiger partial charge in [-0.1, -0.05) is 426 Å². The van der Waals surface area contributed by atoms with Gasteiger partial charge in [-0.2, -0.15) is 0 Å². The summed E-state index contributed by atoms with van der Waals surface area (Å²) >= 11 is 0. The van der Waals surface area contributed by atoms with E-state index < -0.39 is 97.5 Å². The molecule has 107 heavy (non-hydrogen) atoms. The molecular weight excluding hydrogens is 1390 g/mol. The zero-order valence-corrected chi connectivity index (χ0v) is 72.1. The number of phosphoric ester groups is 2. The lowest BCUT2D eigenvalue weighted by Crippen LogP contribution is -2.30. The second-order valence-electron chi connectivity index (χ2n) is 31.9. The zero-order chi connectivity index (χ0) is 78.3. The smallest absolute Gasteiger partial charge is 0.462 e. The first kappa shape index (κ1) is 105. The molecule has 0 fully saturated rings. The van der Waals surface area contributed by atoms with Crippen LogP contribution >= 0.6 is 15.6 Å².